The van der Waals surface area contributed by atoms with Gasteiger partial charge in [0.05, 0.1) is 5.57 Å². The molecule has 0 spiro atoms. The molecule has 3 nitrogen and oxygen atoms in total. The van der Waals surface area contributed by atoms with Crippen molar-refractivity contribution in [2.75, 3.05) is 6.61 Å². The van der Waals surface area contributed by atoms with E-state index in [2.05, 4.69) is 5.32 Å². The highest BCUT2D eigenvalue weighted by Crippen LogP contribution is 2.25. The van der Waals surface area contributed by atoms with Crippen molar-refractivity contribution in [1.29, 1.82) is 0 Å². The molecule has 106 valence electrons. The third-order valence-electron chi connectivity index (χ3n) is 3.29. The molecule has 1 heterocycles. The Morgan fingerprint density at radius 1 is 1.14 bits per heavy atom. The number of hydrogen-bond donors (Lipinski definition) is 1. The van der Waals surface area contributed by atoms with Crippen molar-refractivity contribution in [3.63, 3.8) is 0 Å². The van der Waals surface area contributed by atoms with Crippen LogP contribution in [0.4, 0.5) is 4.39 Å². The predicted molar refractivity (Wildman–Crippen MR) is 78.2 cm³/mol. The largest absolute Gasteiger partial charge is 0.488 e. The summed E-state index contributed by atoms with van der Waals surface area (Å²) in [6, 6.07) is 13.6. The third kappa shape index (κ3) is 3.11. The van der Waals surface area contributed by atoms with Gasteiger partial charge in [-0.2, -0.15) is 0 Å². The highest BCUT2D eigenvalue weighted by molar-refractivity contribution is 5.99. The first kappa shape index (κ1) is 13.4. The van der Waals surface area contributed by atoms with Crippen molar-refractivity contribution in [2.24, 2.45) is 0 Å². The van der Waals surface area contributed by atoms with E-state index in [1.807, 2.05) is 30.3 Å². The molecule has 2 aromatic rings. The lowest BCUT2D eigenvalue weighted by Gasteiger charge is -2.17. The Morgan fingerprint density at radius 3 is 2.71 bits per heavy atom. The zero-order valence-electron chi connectivity index (χ0n) is 11.3. The fourth-order valence-corrected chi connectivity index (χ4v) is 2.15. The maximum absolute atomic E-state index is 12.8. The number of nitrogens with one attached hydrogen (secondary N) is 1. The van der Waals surface area contributed by atoms with E-state index in [-0.39, 0.29) is 18.3 Å². The maximum atomic E-state index is 12.8. The molecule has 0 aliphatic carbocycles. The van der Waals surface area contributed by atoms with Crippen molar-refractivity contribution >= 4 is 12.0 Å². The summed E-state index contributed by atoms with van der Waals surface area (Å²) in [4.78, 5) is 12.1. The Kier molecular flexibility index (Phi) is 3.69. The fourth-order valence-electron chi connectivity index (χ4n) is 2.15. The van der Waals surface area contributed by atoms with Crippen molar-refractivity contribution in [1.82, 2.24) is 5.32 Å². The molecule has 0 atom stereocenters. The molecule has 1 aliphatic rings. The van der Waals surface area contributed by atoms with Crippen LogP contribution in [-0.4, -0.2) is 12.5 Å². The van der Waals surface area contributed by atoms with E-state index in [1.54, 1.807) is 12.1 Å². The summed E-state index contributed by atoms with van der Waals surface area (Å²) in [6.07, 6.45) is 1.83. The van der Waals surface area contributed by atoms with Gasteiger partial charge in [-0.3, -0.25) is 4.79 Å². The second kappa shape index (κ2) is 5.79. The smallest absolute Gasteiger partial charge is 0.250 e. The molecule has 4 heteroatoms. The van der Waals surface area contributed by atoms with Gasteiger partial charge in [0.15, 0.2) is 0 Å². The van der Waals surface area contributed by atoms with Crippen molar-refractivity contribution in [3.8, 4) is 5.75 Å². The van der Waals surface area contributed by atoms with Crippen LogP contribution in [0.5, 0.6) is 5.75 Å². The zero-order valence-corrected chi connectivity index (χ0v) is 11.3. The van der Waals surface area contributed by atoms with Crippen LogP contribution in [0.15, 0.2) is 54.1 Å². The van der Waals surface area contributed by atoms with Gasteiger partial charge in [-0.15, -0.1) is 0 Å². The average Bonchev–Trinajstić information content (AvgIpc) is 2.53. The van der Waals surface area contributed by atoms with Crippen LogP contribution in [0, 0.1) is 5.82 Å². The summed E-state index contributed by atoms with van der Waals surface area (Å²) in [7, 11) is 0. The number of para-hydroxylation sites is 1. The lowest BCUT2D eigenvalue weighted by atomic mass is 10.1. The Balaban J connectivity index is 1.66. The van der Waals surface area contributed by atoms with Crippen LogP contribution in [0.2, 0.25) is 0 Å². The van der Waals surface area contributed by atoms with Crippen LogP contribution >= 0.6 is 0 Å². The number of benzene rings is 2. The molecule has 21 heavy (non-hydrogen) atoms. The quantitative estimate of drug-likeness (QED) is 0.940. The van der Waals surface area contributed by atoms with Gasteiger partial charge in [-0.25, -0.2) is 4.39 Å². The van der Waals surface area contributed by atoms with Gasteiger partial charge in [-0.1, -0.05) is 30.3 Å². The topological polar surface area (TPSA) is 38.3 Å². The molecule has 0 unspecified atom stereocenters. The van der Waals surface area contributed by atoms with E-state index < -0.39 is 0 Å². The van der Waals surface area contributed by atoms with E-state index in [9.17, 15) is 9.18 Å². The van der Waals surface area contributed by atoms with Crippen LogP contribution in [-0.2, 0) is 11.3 Å². The number of carbonyl (C=O) groups is 1. The molecular weight excluding hydrogens is 269 g/mol. The van der Waals surface area contributed by atoms with E-state index in [0.29, 0.717) is 12.1 Å². The first-order valence-electron chi connectivity index (χ1n) is 6.67. The molecule has 1 aliphatic heterocycles. The van der Waals surface area contributed by atoms with E-state index >= 15 is 0 Å². The predicted octanol–water partition coefficient (Wildman–Crippen LogP) is 2.92. The Hall–Kier alpha value is -2.62. The van der Waals surface area contributed by atoms with Gasteiger partial charge in [0, 0.05) is 12.1 Å². The normalized spacial score (nSPS) is 12.9. The molecule has 0 aromatic heterocycles. The Bertz CT molecular complexity index is 692. The molecule has 0 fully saturated rings. The summed E-state index contributed by atoms with van der Waals surface area (Å²) in [5, 5.41) is 2.81. The minimum absolute atomic E-state index is 0.172. The van der Waals surface area contributed by atoms with E-state index in [4.69, 9.17) is 4.74 Å². The van der Waals surface area contributed by atoms with E-state index in [1.165, 1.54) is 12.1 Å². The van der Waals surface area contributed by atoms with Gasteiger partial charge >= 0.3 is 0 Å². The van der Waals surface area contributed by atoms with Crippen molar-refractivity contribution < 1.29 is 13.9 Å². The standard InChI is InChI=1S/C17H14FNO2/c18-15-7-5-12(6-8-15)10-19-17(20)14-9-13-3-1-2-4-16(13)21-11-14/h1-9H,10-11H2,(H,19,20). The van der Waals surface area contributed by atoms with Gasteiger partial charge in [0.2, 0.25) is 0 Å². The Labute approximate surface area is 122 Å². The summed E-state index contributed by atoms with van der Waals surface area (Å²) in [5.41, 5.74) is 2.33. The maximum Gasteiger partial charge on any atom is 0.250 e. The molecule has 0 bridgehead atoms. The second-order valence-corrected chi connectivity index (χ2v) is 4.81. The van der Waals surface area contributed by atoms with Crippen LogP contribution < -0.4 is 10.1 Å². The lowest BCUT2D eigenvalue weighted by molar-refractivity contribution is -0.117. The summed E-state index contributed by atoms with van der Waals surface area (Å²) >= 11 is 0. The van der Waals surface area contributed by atoms with Gasteiger partial charge in [0.25, 0.3) is 5.91 Å². The average molecular weight is 283 g/mol. The fraction of sp³-hybridized carbons (Fsp3) is 0.118. The van der Waals surface area contributed by atoms with E-state index in [0.717, 1.165) is 16.9 Å². The molecule has 1 amide bonds. The van der Waals surface area contributed by atoms with Crippen LogP contribution in [0.3, 0.4) is 0 Å². The van der Waals surface area contributed by atoms with Gasteiger partial charge in [0.1, 0.15) is 18.2 Å². The van der Waals surface area contributed by atoms with Gasteiger partial charge < -0.3 is 10.1 Å². The Morgan fingerprint density at radius 2 is 1.90 bits per heavy atom. The van der Waals surface area contributed by atoms with Crippen molar-refractivity contribution in [3.05, 3.63) is 71.0 Å². The minimum Gasteiger partial charge on any atom is -0.488 e. The minimum atomic E-state index is -0.287. The SMILES string of the molecule is O=C(NCc1ccc(F)cc1)C1=Cc2ccccc2OC1. The lowest BCUT2D eigenvalue weighted by Crippen LogP contribution is -2.28. The molecule has 1 N–H and O–H groups in total. The molecule has 0 saturated carbocycles. The molecular formula is C17H14FNO2. The zero-order chi connectivity index (χ0) is 14.7. The second-order valence-electron chi connectivity index (χ2n) is 4.81. The molecule has 3 rings (SSSR count). The summed E-state index contributed by atoms with van der Waals surface area (Å²) in [5.74, 6) is 0.325. The highest BCUT2D eigenvalue weighted by Gasteiger charge is 2.16. The molecule has 0 saturated heterocycles. The monoisotopic (exact) mass is 283 g/mol. The van der Waals surface area contributed by atoms with Crippen molar-refractivity contribution in [2.45, 2.75) is 6.54 Å². The number of rotatable bonds is 3. The number of halogens is 1. The number of carbonyl (C=O) groups excluding carboxylic acids is 1. The highest BCUT2D eigenvalue weighted by atomic mass is 19.1. The first-order chi connectivity index (χ1) is 10.2. The summed E-state index contributed by atoms with van der Waals surface area (Å²) < 4.78 is 18.4. The van der Waals surface area contributed by atoms with Gasteiger partial charge in [-0.05, 0) is 29.8 Å². The number of ether oxygens (including phenoxy) is 1. The molecule has 0 radical (unpaired) electrons. The first-order valence-corrected chi connectivity index (χ1v) is 6.67. The third-order valence-corrected chi connectivity index (χ3v) is 3.29. The number of amides is 1. The van der Waals surface area contributed by atoms with Crippen LogP contribution in [0.1, 0.15) is 11.1 Å². The van der Waals surface area contributed by atoms with Crippen LogP contribution in [0.25, 0.3) is 6.08 Å². The number of fused-ring (bicyclic) bond motifs is 1. The summed E-state index contributed by atoms with van der Waals surface area (Å²) in [6.45, 7) is 0.615. The number of hydrogen-bond acceptors (Lipinski definition) is 2. The molecule has 2 aromatic carbocycles.